The lowest BCUT2D eigenvalue weighted by Crippen LogP contribution is -2.17. The summed E-state index contributed by atoms with van der Waals surface area (Å²) in [6.45, 7) is 9.30. The van der Waals surface area contributed by atoms with Crippen molar-refractivity contribution < 1.29 is 23.4 Å². The summed E-state index contributed by atoms with van der Waals surface area (Å²) in [5.41, 5.74) is 4.03. The zero-order chi connectivity index (χ0) is 23.2. The summed E-state index contributed by atoms with van der Waals surface area (Å²) < 4.78 is 31.7. The van der Waals surface area contributed by atoms with Gasteiger partial charge in [0.2, 0.25) is 0 Å². The molecule has 1 N–H and O–H groups in total. The molecule has 0 radical (unpaired) electrons. The molecule has 0 saturated heterocycles. The third kappa shape index (κ3) is 7.03. The summed E-state index contributed by atoms with van der Waals surface area (Å²) in [7, 11) is 0. The summed E-state index contributed by atoms with van der Waals surface area (Å²) in [4.78, 5) is 11.8. The number of hydrogen-bond acceptors (Lipinski definition) is 3. The van der Waals surface area contributed by atoms with Gasteiger partial charge in [0.15, 0.2) is 0 Å². The van der Waals surface area contributed by atoms with Gasteiger partial charge >= 0.3 is 5.97 Å². The van der Waals surface area contributed by atoms with Gasteiger partial charge in [-0.1, -0.05) is 46.3 Å². The first-order chi connectivity index (χ1) is 14.5. The van der Waals surface area contributed by atoms with Crippen LogP contribution in [-0.4, -0.2) is 24.1 Å². The maximum atomic E-state index is 13.0. The molecular formula is C25H30F2O3S. The van der Waals surface area contributed by atoms with Crippen molar-refractivity contribution in [3.8, 4) is 16.9 Å². The highest BCUT2D eigenvalue weighted by molar-refractivity contribution is 7.11. The first-order valence-electron chi connectivity index (χ1n) is 10.3. The average Bonchev–Trinajstić information content (AvgIpc) is 3.12. The van der Waals surface area contributed by atoms with Gasteiger partial charge in [0.25, 0.3) is 6.43 Å². The molecule has 3 nitrogen and oxygen atoms in total. The zero-order valence-corrected chi connectivity index (χ0v) is 19.5. The van der Waals surface area contributed by atoms with Crippen LogP contribution in [0.3, 0.4) is 0 Å². The molecule has 1 aromatic carbocycles. The molecule has 0 atom stereocenters. The van der Waals surface area contributed by atoms with Gasteiger partial charge in [0, 0.05) is 27.6 Å². The standard InChI is InChI=1S/C25H30F2O3S/c1-6-7-17-13-19(24(30-15-22(26)27)20(14-17)25(3,4)5)18-10-11-31-21(18)9-8-16(2)12-23(28)29/h8-14,22H,6-7,15H2,1-5H3,(H,28,29)/b9-8+,16-12+. The largest absolute Gasteiger partial charge is 0.487 e. The molecule has 2 rings (SSSR count). The Balaban J connectivity index is 2.67. The minimum absolute atomic E-state index is 0.289. The third-order valence-corrected chi connectivity index (χ3v) is 5.57. The Hall–Kier alpha value is -2.47. The summed E-state index contributed by atoms with van der Waals surface area (Å²) in [5, 5.41) is 10.9. The number of aliphatic carboxylic acids is 1. The molecule has 1 aromatic heterocycles. The number of halogens is 2. The van der Waals surface area contributed by atoms with Crippen LogP contribution in [0.25, 0.3) is 17.2 Å². The van der Waals surface area contributed by atoms with E-state index < -0.39 is 19.0 Å². The van der Waals surface area contributed by atoms with Gasteiger partial charge in [0.05, 0.1) is 0 Å². The molecule has 1 heterocycles. The summed E-state index contributed by atoms with van der Waals surface area (Å²) in [6, 6.07) is 6.04. The third-order valence-electron chi connectivity index (χ3n) is 4.68. The average molecular weight is 449 g/mol. The molecule has 0 spiro atoms. The number of benzene rings is 1. The van der Waals surface area contributed by atoms with Crippen molar-refractivity contribution in [3.05, 3.63) is 57.3 Å². The van der Waals surface area contributed by atoms with Crippen molar-refractivity contribution in [2.45, 2.75) is 59.3 Å². The number of rotatable bonds is 9. The highest BCUT2D eigenvalue weighted by Crippen LogP contribution is 2.43. The van der Waals surface area contributed by atoms with E-state index in [1.54, 1.807) is 13.0 Å². The minimum atomic E-state index is -2.57. The predicted molar refractivity (Wildman–Crippen MR) is 124 cm³/mol. The van der Waals surface area contributed by atoms with Crippen LogP contribution in [0.1, 0.15) is 57.0 Å². The van der Waals surface area contributed by atoms with Gasteiger partial charge in [-0.25, -0.2) is 13.6 Å². The van der Waals surface area contributed by atoms with Crippen LogP contribution in [0.15, 0.2) is 41.3 Å². The number of allylic oxidation sites excluding steroid dienone is 2. The Kier molecular flexibility index (Phi) is 8.57. The van der Waals surface area contributed by atoms with Gasteiger partial charge in [-0.2, -0.15) is 0 Å². The molecule has 31 heavy (non-hydrogen) atoms. The fraction of sp³-hybridized carbons (Fsp3) is 0.400. The van der Waals surface area contributed by atoms with E-state index in [2.05, 4.69) is 13.0 Å². The lowest BCUT2D eigenvalue weighted by atomic mass is 9.82. The van der Waals surface area contributed by atoms with E-state index in [0.29, 0.717) is 11.3 Å². The molecule has 0 aliphatic rings. The van der Waals surface area contributed by atoms with E-state index >= 15 is 0 Å². The number of carboxylic acids is 1. The second-order valence-electron chi connectivity index (χ2n) is 8.48. The van der Waals surface area contributed by atoms with Gasteiger partial charge in [0.1, 0.15) is 12.4 Å². The molecule has 0 unspecified atom stereocenters. The topological polar surface area (TPSA) is 46.5 Å². The van der Waals surface area contributed by atoms with Crippen molar-refractivity contribution in [1.82, 2.24) is 0 Å². The number of carboxylic acid groups (broad SMARTS) is 1. The molecule has 168 valence electrons. The summed E-state index contributed by atoms with van der Waals surface area (Å²) >= 11 is 1.51. The zero-order valence-electron chi connectivity index (χ0n) is 18.7. The number of aryl methyl sites for hydroxylation is 1. The fourth-order valence-corrected chi connectivity index (χ4v) is 4.11. The SMILES string of the molecule is CCCc1cc(-c2ccsc2/C=C/C(C)=C/C(=O)O)c(OCC(F)F)c(C(C)(C)C)c1. The molecule has 0 saturated carbocycles. The van der Waals surface area contributed by atoms with E-state index in [0.717, 1.165) is 46.0 Å². The monoisotopic (exact) mass is 448 g/mol. The fourth-order valence-electron chi connectivity index (χ4n) is 3.30. The van der Waals surface area contributed by atoms with Crippen LogP contribution >= 0.6 is 11.3 Å². The Morgan fingerprint density at radius 1 is 1.26 bits per heavy atom. The number of hydrogen-bond donors (Lipinski definition) is 1. The normalized spacial score (nSPS) is 12.7. The maximum Gasteiger partial charge on any atom is 0.328 e. The van der Waals surface area contributed by atoms with E-state index in [1.807, 2.05) is 44.4 Å². The van der Waals surface area contributed by atoms with Crippen LogP contribution < -0.4 is 4.74 Å². The van der Waals surface area contributed by atoms with E-state index in [-0.39, 0.29) is 5.41 Å². The molecular weight excluding hydrogens is 418 g/mol. The molecule has 0 aliphatic carbocycles. The van der Waals surface area contributed by atoms with Gasteiger partial charge < -0.3 is 9.84 Å². The van der Waals surface area contributed by atoms with Gasteiger partial charge in [-0.15, -0.1) is 11.3 Å². The molecule has 2 aromatic rings. The first-order valence-corrected chi connectivity index (χ1v) is 11.2. The minimum Gasteiger partial charge on any atom is -0.487 e. The second kappa shape index (κ2) is 10.7. The van der Waals surface area contributed by atoms with Crippen LogP contribution in [-0.2, 0) is 16.6 Å². The van der Waals surface area contributed by atoms with Gasteiger partial charge in [-0.05, 0) is 53.5 Å². The van der Waals surface area contributed by atoms with Crippen LogP contribution in [0.2, 0.25) is 0 Å². The smallest absolute Gasteiger partial charge is 0.328 e. The van der Waals surface area contributed by atoms with Crippen LogP contribution in [0.4, 0.5) is 8.78 Å². The van der Waals surface area contributed by atoms with E-state index in [4.69, 9.17) is 9.84 Å². The Labute approximate surface area is 187 Å². The van der Waals surface area contributed by atoms with Crippen molar-refractivity contribution >= 4 is 23.4 Å². The van der Waals surface area contributed by atoms with E-state index in [1.165, 1.54) is 11.3 Å². The lowest BCUT2D eigenvalue weighted by molar-refractivity contribution is -0.131. The lowest BCUT2D eigenvalue weighted by Gasteiger charge is -2.26. The Morgan fingerprint density at radius 3 is 2.55 bits per heavy atom. The van der Waals surface area contributed by atoms with Crippen molar-refractivity contribution in [3.63, 3.8) is 0 Å². The van der Waals surface area contributed by atoms with Crippen molar-refractivity contribution in [2.24, 2.45) is 0 Å². The highest BCUT2D eigenvalue weighted by Gasteiger charge is 2.25. The number of thiophene rings is 1. The first kappa shape index (κ1) is 24.8. The highest BCUT2D eigenvalue weighted by atomic mass is 32.1. The number of ether oxygens (including phenoxy) is 1. The van der Waals surface area contributed by atoms with Crippen molar-refractivity contribution in [2.75, 3.05) is 6.61 Å². The summed E-state index contributed by atoms with van der Waals surface area (Å²) in [5.74, 6) is -0.517. The maximum absolute atomic E-state index is 13.0. The molecule has 0 amide bonds. The quantitative estimate of drug-likeness (QED) is 0.322. The molecule has 0 fully saturated rings. The molecule has 6 heteroatoms. The summed E-state index contributed by atoms with van der Waals surface area (Å²) in [6.07, 6.45) is 4.01. The van der Waals surface area contributed by atoms with Crippen LogP contribution in [0, 0.1) is 0 Å². The number of carbonyl (C=O) groups is 1. The van der Waals surface area contributed by atoms with Crippen molar-refractivity contribution in [1.29, 1.82) is 0 Å². The van der Waals surface area contributed by atoms with Gasteiger partial charge in [-0.3, -0.25) is 0 Å². The number of alkyl halides is 2. The second-order valence-corrected chi connectivity index (χ2v) is 9.43. The predicted octanol–water partition coefficient (Wildman–Crippen LogP) is 7.35. The molecule has 0 aliphatic heterocycles. The molecule has 0 bridgehead atoms. The Bertz CT molecular complexity index is 966. The van der Waals surface area contributed by atoms with E-state index in [9.17, 15) is 13.6 Å². The Morgan fingerprint density at radius 2 is 1.97 bits per heavy atom. The van der Waals surface area contributed by atoms with Crippen LogP contribution in [0.5, 0.6) is 5.75 Å².